The first-order chi connectivity index (χ1) is 11.5. The van der Waals surface area contributed by atoms with E-state index in [1.165, 1.54) is 11.0 Å². The van der Waals surface area contributed by atoms with Gasteiger partial charge >= 0.3 is 0 Å². The second-order valence-corrected chi connectivity index (χ2v) is 6.26. The zero-order chi connectivity index (χ0) is 17.1. The summed E-state index contributed by atoms with van der Waals surface area (Å²) in [5.41, 5.74) is 2.54. The van der Waals surface area contributed by atoms with Crippen molar-refractivity contribution in [2.45, 2.75) is 19.4 Å². The van der Waals surface area contributed by atoms with Crippen LogP contribution in [0.5, 0.6) is 0 Å². The molecule has 0 atom stereocenters. The van der Waals surface area contributed by atoms with Gasteiger partial charge in [0.25, 0.3) is 0 Å². The Kier molecular flexibility index (Phi) is 4.86. The van der Waals surface area contributed by atoms with Crippen LogP contribution in [0, 0.1) is 5.82 Å². The molecule has 0 fully saturated rings. The number of rotatable bonds is 5. The van der Waals surface area contributed by atoms with Crippen LogP contribution in [0.25, 0.3) is 10.9 Å². The van der Waals surface area contributed by atoms with Crippen molar-refractivity contribution in [3.05, 3.63) is 70.6 Å². The van der Waals surface area contributed by atoms with Gasteiger partial charge in [0.15, 0.2) is 0 Å². The number of H-pyrrole nitrogens is 1. The molecule has 0 aliphatic heterocycles. The first-order valence-corrected chi connectivity index (χ1v) is 8.15. The van der Waals surface area contributed by atoms with E-state index < -0.39 is 0 Å². The highest BCUT2D eigenvalue weighted by Crippen LogP contribution is 2.21. The molecular weight excluding hydrogens is 327 g/mol. The molecule has 0 radical (unpaired) electrons. The number of hydrogen-bond acceptors (Lipinski definition) is 1. The lowest BCUT2D eigenvalue weighted by molar-refractivity contribution is -0.130. The second-order valence-electron chi connectivity index (χ2n) is 5.85. The number of halogens is 2. The summed E-state index contributed by atoms with van der Waals surface area (Å²) in [6.07, 6.45) is 2.92. The van der Waals surface area contributed by atoms with Crippen molar-refractivity contribution in [2.24, 2.45) is 0 Å². The number of amides is 1. The average molecular weight is 345 g/mol. The van der Waals surface area contributed by atoms with Gasteiger partial charge in [-0.3, -0.25) is 4.79 Å². The van der Waals surface area contributed by atoms with Crippen LogP contribution in [0.15, 0.2) is 48.7 Å². The van der Waals surface area contributed by atoms with E-state index in [2.05, 4.69) is 11.1 Å². The summed E-state index contributed by atoms with van der Waals surface area (Å²) in [6.45, 7) is 0.168. The van der Waals surface area contributed by atoms with Gasteiger partial charge < -0.3 is 9.88 Å². The van der Waals surface area contributed by atoms with E-state index in [1.807, 2.05) is 24.4 Å². The highest BCUT2D eigenvalue weighted by Gasteiger charge is 2.14. The van der Waals surface area contributed by atoms with Crippen molar-refractivity contribution in [1.82, 2.24) is 9.88 Å². The summed E-state index contributed by atoms with van der Waals surface area (Å²) in [4.78, 5) is 17.0. The fraction of sp³-hybridized carbons (Fsp3) is 0.211. The molecule has 0 spiro atoms. The first-order valence-electron chi connectivity index (χ1n) is 7.77. The van der Waals surface area contributed by atoms with Gasteiger partial charge in [-0.2, -0.15) is 0 Å². The zero-order valence-corrected chi connectivity index (χ0v) is 14.1. The molecule has 1 heterocycles. The predicted molar refractivity (Wildman–Crippen MR) is 94.5 cm³/mol. The number of aryl methyl sites for hydroxylation is 1. The van der Waals surface area contributed by atoms with Gasteiger partial charge in [-0.1, -0.05) is 23.7 Å². The molecule has 3 aromatic rings. The van der Waals surface area contributed by atoms with Crippen molar-refractivity contribution in [3.8, 4) is 0 Å². The number of aromatic nitrogens is 1. The van der Waals surface area contributed by atoms with E-state index >= 15 is 0 Å². The van der Waals surface area contributed by atoms with Crippen molar-refractivity contribution in [3.63, 3.8) is 0 Å². The lowest BCUT2D eigenvalue weighted by atomic mass is 10.1. The Hall–Kier alpha value is -2.33. The Morgan fingerprint density at radius 2 is 2.08 bits per heavy atom. The fourth-order valence-corrected chi connectivity index (χ4v) is 2.93. The Morgan fingerprint density at radius 1 is 1.25 bits per heavy atom. The maximum absolute atomic E-state index is 13.8. The fourth-order valence-electron chi connectivity index (χ4n) is 2.71. The van der Waals surface area contributed by atoms with Gasteiger partial charge in [-0.05, 0) is 47.7 Å². The quantitative estimate of drug-likeness (QED) is 0.724. The summed E-state index contributed by atoms with van der Waals surface area (Å²) in [7, 11) is 1.67. The SMILES string of the molecule is CN(Cc1c(F)cccc1Cl)C(=O)CCc1ccc2[nH]ccc2c1. The number of carbonyl (C=O) groups excluding carboxylic acids is 1. The third kappa shape index (κ3) is 3.60. The standard InChI is InChI=1S/C19H18ClFN2O/c1-23(12-15-16(20)3-2-4-17(15)21)19(24)8-6-13-5-7-18-14(11-13)9-10-22-18/h2-5,7,9-11,22H,6,8,12H2,1H3. The predicted octanol–water partition coefficient (Wildman–Crippen LogP) is 4.55. The molecule has 1 N–H and O–H groups in total. The maximum Gasteiger partial charge on any atom is 0.222 e. The third-order valence-corrected chi connectivity index (χ3v) is 4.48. The number of fused-ring (bicyclic) bond motifs is 1. The minimum Gasteiger partial charge on any atom is -0.361 e. The molecule has 5 heteroatoms. The molecule has 0 saturated carbocycles. The largest absolute Gasteiger partial charge is 0.361 e. The molecule has 0 aliphatic rings. The Balaban J connectivity index is 1.61. The molecule has 24 heavy (non-hydrogen) atoms. The van der Waals surface area contributed by atoms with Crippen LogP contribution in [-0.4, -0.2) is 22.8 Å². The topological polar surface area (TPSA) is 36.1 Å². The highest BCUT2D eigenvalue weighted by molar-refractivity contribution is 6.31. The van der Waals surface area contributed by atoms with Gasteiger partial charge in [-0.25, -0.2) is 4.39 Å². The second kappa shape index (κ2) is 7.05. The summed E-state index contributed by atoms with van der Waals surface area (Å²) in [5, 5.41) is 1.47. The van der Waals surface area contributed by atoms with Gasteiger partial charge in [-0.15, -0.1) is 0 Å². The number of benzene rings is 2. The van der Waals surface area contributed by atoms with Crippen LogP contribution in [0.2, 0.25) is 5.02 Å². The summed E-state index contributed by atoms with van der Waals surface area (Å²) >= 11 is 6.02. The van der Waals surface area contributed by atoms with Crippen molar-refractivity contribution in [2.75, 3.05) is 7.05 Å². The van der Waals surface area contributed by atoms with Crippen LogP contribution < -0.4 is 0 Å². The Labute approximate surface area is 145 Å². The third-order valence-electron chi connectivity index (χ3n) is 4.13. The van der Waals surface area contributed by atoms with Gasteiger partial charge in [0.2, 0.25) is 5.91 Å². The van der Waals surface area contributed by atoms with E-state index in [0.717, 1.165) is 16.5 Å². The first kappa shape index (κ1) is 16.5. The normalized spacial score (nSPS) is 11.0. The van der Waals surface area contributed by atoms with Crippen LogP contribution in [0.1, 0.15) is 17.5 Å². The molecule has 0 unspecified atom stereocenters. The zero-order valence-electron chi connectivity index (χ0n) is 13.4. The van der Waals surface area contributed by atoms with Crippen molar-refractivity contribution < 1.29 is 9.18 Å². The summed E-state index contributed by atoms with van der Waals surface area (Å²) in [5.74, 6) is -0.427. The van der Waals surface area contributed by atoms with E-state index in [9.17, 15) is 9.18 Å². The molecule has 3 rings (SSSR count). The lowest BCUT2D eigenvalue weighted by Crippen LogP contribution is -2.27. The molecule has 0 aliphatic carbocycles. The Morgan fingerprint density at radius 3 is 2.88 bits per heavy atom. The van der Waals surface area contributed by atoms with Gasteiger partial charge in [0, 0.05) is 42.3 Å². The van der Waals surface area contributed by atoms with Crippen LogP contribution in [0.4, 0.5) is 4.39 Å². The number of aromatic amines is 1. The summed E-state index contributed by atoms with van der Waals surface area (Å²) in [6, 6.07) is 12.6. The lowest BCUT2D eigenvalue weighted by Gasteiger charge is -2.18. The van der Waals surface area contributed by atoms with Crippen LogP contribution in [-0.2, 0) is 17.8 Å². The smallest absolute Gasteiger partial charge is 0.222 e. The molecule has 0 bridgehead atoms. The maximum atomic E-state index is 13.8. The number of hydrogen-bond donors (Lipinski definition) is 1. The van der Waals surface area contributed by atoms with Crippen molar-refractivity contribution >= 4 is 28.4 Å². The minimum atomic E-state index is -0.389. The van der Waals surface area contributed by atoms with Crippen LogP contribution >= 0.6 is 11.6 Å². The molecule has 2 aromatic carbocycles. The van der Waals surface area contributed by atoms with E-state index in [1.54, 1.807) is 19.2 Å². The molecule has 0 saturated heterocycles. The van der Waals surface area contributed by atoms with E-state index in [4.69, 9.17) is 11.6 Å². The van der Waals surface area contributed by atoms with Gasteiger partial charge in [0.05, 0.1) is 0 Å². The van der Waals surface area contributed by atoms with Crippen molar-refractivity contribution in [1.29, 1.82) is 0 Å². The monoisotopic (exact) mass is 344 g/mol. The number of carbonyl (C=O) groups is 1. The number of nitrogens with one attached hydrogen (secondary N) is 1. The molecule has 124 valence electrons. The number of nitrogens with zero attached hydrogens (tertiary/aromatic N) is 1. The molecular formula is C19H18ClFN2O. The minimum absolute atomic E-state index is 0.0384. The Bertz CT molecular complexity index is 854. The van der Waals surface area contributed by atoms with Gasteiger partial charge in [0.1, 0.15) is 5.82 Å². The van der Waals surface area contributed by atoms with Crippen LogP contribution in [0.3, 0.4) is 0 Å². The molecule has 1 amide bonds. The molecule has 1 aromatic heterocycles. The highest BCUT2D eigenvalue weighted by atomic mass is 35.5. The average Bonchev–Trinajstić information content (AvgIpc) is 3.03. The summed E-state index contributed by atoms with van der Waals surface area (Å²) < 4.78 is 13.8. The van der Waals surface area contributed by atoms with E-state index in [-0.39, 0.29) is 18.3 Å². The van der Waals surface area contributed by atoms with E-state index in [0.29, 0.717) is 23.4 Å². The molecule has 3 nitrogen and oxygen atoms in total.